The molecule has 0 aromatic rings. The Balaban J connectivity index is 4.72. The van der Waals surface area contributed by atoms with E-state index in [9.17, 15) is 29.1 Å². The normalized spacial score (nSPS) is 12.7. The van der Waals surface area contributed by atoms with E-state index in [0.29, 0.717) is 6.42 Å². The maximum absolute atomic E-state index is 12.4. The second kappa shape index (κ2) is 12.6. The number of carbonyl (C=O) groups excluding carboxylic acids is 4. The molecule has 0 aliphatic carbocycles. The van der Waals surface area contributed by atoms with Gasteiger partial charge in [0.15, 0.2) is 5.78 Å². The Kier molecular flexibility index (Phi) is 11.4. The third kappa shape index (κ3) is 10.8. The molecule has 0 radical (unpaired) electrons. The third-order valence-corrected chi connectivity index (χ3v) is 3.84. The molecule has 0 saturated carbocycles. The zero-order valence-corrected chi connectivity index (χ0v) is 15.6. The van der Waals surface area contributed by atoms with Crippen molar-refractivity contribution in [3.63, 3.8) is 0 Å². The lowest BCUT2D eigenvalue weighted by Crippen LogP contribution is -2.46. The number of carboxylic acid groups (broad SMARTS) is 1. The van der Waals surface area contributed by atoms with Crippen molar-refractivity contribution in [3.05, 3.63) is 0 Å². The predicted octanol–water partition coefficient (Wildman–Crippen LogP) is -1.69. The van der Waals surface area contributed by atoms with Gasteiger partial charge in [-0.2, -0.15) is 0 Å². The van der Waals surface area contributed by atoms with Crippen LogP contribution in [0.5, 0.6) is 0 Å². The van der Waals surface area contributed by atoms with Crippen molar-refractivity contribution in [2.45, 2.75) is 39.2 Å². The zero-order valence-electron chi connectivity index (χ0n) is 15.6. The monoisotopic (exact) mass is 387 g/mol. The van der Waals surface area contributed by atoms with Crippen LogP contribution >= 0.6 is 0 Å². The van der Waals surface area contributed by atoms with Gasteiger partial charge in [0.2, 0.25) is 11.8 Å². The molecule has 0 fully saturated rings. The van der Waals surface area contributed by atoms with Crippen molar-refractivity contribution in [1.82, 2.24) is 16.0 Å². The Morgan fingerprint density at radius 2 is 1.70 bits per heavy atom. The number of urea groups is 1. The standard InChI is InChI=1S/C16H29N5O6/c1-9(2)11(6-10(22)8-20-13(23)7-17)14(24)21-12(15(25)26)4-3-5-19-16(18)27/h9,11-12H,3-8,17H2,1-2H3,(H,20,23)(H,21,24)(H,25,26)(H3,18,19,27)/t11-,12-/m0/s1. The van der Waals surface area contributed by atoms with E-state index in [1.165, 1.54) is 0 Å². The van der Waals surface area contributed by atoms with Crippen molar-refractivity contribution < 1.29 is 29.1 Å². The molecule has 11 nitrogen and oxygen atoms in total. The van der Waals surface area contributed by atoms with Gasteiger partial charge >= 0.3 is 12.0 Å². The van der Waals surface area contributed by atoms with Crippen molar-refractivity contribution in [3.8, 4) is 0 Å². The Morgan fingerprint density at radius 1 is 1.07 bits per heavy atom. The number of nitrogens with two attached hydrogens (primary N) is 2. The van der Waals surface area contributed by atoms with Gasteiger partial charge in [0.05, 0.1) is 13.1 Å². The summed E-state index contributed by atoms with van der Waals surface area (Å²) in [7, 11) is 0. The highest BCUT2D eigenvalue weighted by molar-refractivity contribution is 5.91. The van der Waals surface area contributed by atoms with Gasteiger partial charge in [0.25, 0.3) is 0 Å². The first kappa shape index (κ1) is 24.3. The molecule has 0 saturated heterocycles. The van der Waals surface area contributed by atoms with Crippen LogP contribution in [-0.4, -0.2) is 60.4 Å². The van der Waals surface area contributed by atoms with Gasteiger partial charge < -0.3 is 32.5 Å². The number of rotatable bonds is 13. The van der Waals surface area contributed by atoms with Gasteiger partial charge in [0, 0.05) is 18.9 Å². The summed E-state index contributed by atoms with van der Waals surface area (Å²) in [6.45, 7) is 3.17. The lowest BCUT2D eigenvalue weighted by molar-refractivity contribution is -0.143. The van der Waals surface area contributed by atoms with Gasteiger partial charge in [-0.05, 0) is 18.8 Å². The molecule has 2 atom stereocenters. The first-order valence-electron chi connectivity index (χ1n) is 8.63. The lowest BCUT2D eigenvalue weighted by atomic mass is 9.89. The van der Waals surface area contributed by atoms with E-state index in [-0.39, 0.29) is 44.2 Å². The highest BCUT2D eigenvalue weighted by atomic mass is 16.4. The minimum atomic E-state index is -1.22. The number of amides is 4. The second-order valence-corrected chi connectivity index (χ2v) is 6.41. The van der Waals surface area contributed by atoms with Crippen LogP contribution in [0.1, 0.15) is 33.1 Å². The SMILES string of the molecule is CC(C)[C@H](CC(=O)CNC(=O)CN)C(=O)N[C@@H](CCCNC(N)=O)C(=O)O. The summed E-state index contributed by atoms with van der Waals surface area (Å²) < 4.78 is 0. The molecule has 8 N–H and O–H groups in total. The largest absolute Gasteiger partial charge is 0.480 e. The van der Waals surface area contributed by atoms with E-state index in [1.807, 2.05) is 0 Å². The zero-order chi connectivity index (χ0) is 21.0. The highest BCUT2D eigenvalue weighted by Crippen LogP contribution is 2.16. The number of primary amides is 1. The van der Waals surface area contributed by atoms with Crippen molar-refractivity contribution >= 4 is 29.6 Å². The van der Waals surface area contributed by atoms with Crippen molar-refractivity contribution in [2.24, 2.45) is 23.3 Å². The van der Waals surface area contributed by atoms with Crippen LogP contribution < -0.4 is 27.4 Å². The molecule has 0 aromatic heterocycles. The highest BCUT2D eigenvalue weighted by Gasteiger charge is 2.29. The molecule has 0 unspecified atom stereocenters. The third-order valence-electron chi connectivity index (χ3n) is 3.84. The second-order valence-electron chi connectivity index (χ2n) is 6.41. The minimum absolute atomic E-state index is 0.0900. The van der Waals surface area contributed by atoms with E-state index >= 15 is 0 Å². The van der Waals surface area contributed by atoms with E-state index in [1.54, 1.807) is 13.8 Å². The Hall–Kier alpha value is -2.69. The molecule has 4 amide bonds. The van der Waals surface area contributed by atoms with Gasteiger partial charge in [-0.1, -0.05) is 13.8 Å². The molecule has 0 aromatic carbocycles. The number of nitrogens with one attached hydrogen (secondary N) is 3. The quantitative estimate of drug-likeness (QED) is 0.203. The van der Waals surface area contributed by atoms with E-state index in [0.717, 1.165) is 0 Å². The van der Waals surface area contributed by atoms with Crippen LogP contribution in [0.3, 0.4) is 0 Å². The molecule has 11 heteroatoms. The maximum atomic E-state index is 12.4. The van der Waals surface area contributed by atoms with Gasteiger partial charge in [-0.25, -0.2) is 9.59 Å². The van der Waals surface area contributed by atoms with Crippen LogP contribution in [0.15, 0.2) is 0 Å². The summed E-state index contributed by atoms with van der Waals surface area (Å²) in [6.07, 6.45) is 0.257. The van der Waals surface area contributed by atoms with E-state index in [4.69, 9.17) is 11.5 Å². The number of carboxylic acids is 1. The van der Waals surface area contributed by atoms with E-state index in [2.05, 4.69) is 16.0 Å². The van der Waals surface area contributed by atoms with Crippen molar-refractivity contribution in [2.75, 3.05) is 19.6 Å². The summed E-state index contributed by atoms with van der Waals surface area (Å²) in [5.74, 6) is -3.57. The van der Waals surface area contributed by atoms with Crippen LogP contribution in [-0.2, 0) is 19.2 Å². The number of Topliss-reactive ketones (excluding diaryl/α,β-unsaturated/α-hetero) is 1. The minimum Gasteiger partial charge on any atom is -0.480 e. The van der Waals surface area contributed by atoms with Crippen LogP contribution in [0.4, 0.5) is 4.79 Å². The molecular weight excluding hydrogens is 358 g/mol. The number of aliphatic carboxylic acids is 1. The predicted molar refractivity (Wildman–Crippen MR) is 96.4 cm³/mol. The fourth-order valence-corrected chi connectivity index (χ4v) is 2.27. The molecule has 154 valence electrons. The van der Waals surface area contributed by atoms with Gasteiger partial charge in [-0.3, -0.25) is 14.4 Å². The summed E-state index contributed by atoms with van der Waals surface area (Å²) in [4.78, 5) is 57.4. The fourth-order valence-electron chi connectivity index (χ4n) is 2.27. The summed E-state index contributed by atoms with van der Waals surface area (Å²) in [5.41, 5.74) is 10.1. The number of hydrogen-bond acceptors (Lipinski definition) is 6. The van der Waals surface area contributed by atoms with Crippen LogP contribution in [0.25, 0.3) is 0 Å². The first-order chi connectivity index (χ1) is 12.6. The molecule has 27 heavy (non-hydrogen) atoms. The van der Waals surface area contributed by atoms with Crippen molar-refractivity contribution in [1.29, 1.82) is 0 Å². The summed E-state index contributed by atoms with van der Waals surface area (Å²) >= 11 is 0. The molecular formula is C16H29N5O6. The number of carbonyl (C=O) groups is 5. The first-order valence-corrected chi connectivity index (χ1v) is 8.63. The van der Waals surface area contributed by atoms with Gasteiger partial charge in [0.1, 0.15) is 6.04 Å². The lowest BCUT2D eigenvalue weighted by Gasteiger charge is -2.22. The molecule has 0 rings (SSSR count). The Labute approximate surface area is 157 Å². The molecule has 0 bridgehead atoms. The Bertz CT molecular complexity index is 551. The fraction of sp³-hybridized carbons (Fsp3) is 0.688. The molecule has 0 aliphatic heterocycles. The topological polar surface area (TPSA) is 194 Å². The smallest absolute Gasteiger partial charge is 0.326 e. The summed E-state index contributed by atoms with van der Waals surface area (Å²) in [6, 6.07) is -1.87. The maximum Gasteiger partial charge on any atom is 0.326 e. The number of hydrogen-bond donors (Lipinski definition) is 6. The van der Waals surface area contributed by atoms with Gasteiger partial charge in [-0.15, -0.1) is 0 Å². The number of ketones is 1. The molecule has 0 aliphatic rings. The summed E-state index contributed by atoms with van der Waals surface area (Å²) in [5, 5.41) is 16.3. The molecule has 0 heterocycles. The average molecular weight is 387 g/mol. The van der Waals surface area contributed by atoms with Crippen LogP contribution in [0.2, 0.25) is 0 Å². The average Bonchev–Trinajstić information content (AvgIpc) is 2.59. The van der Waals surface area contributed by atoms with Crippen LogP contribution in [0, 0.1) is 11.8 Å². The molecule has 0 spiro atoms. The Morgan fingerprint density at radius 3 is 2.19 bits per heavy atom. The van der Waals surface area contributed by atoms with E-state index < -0.39 is 35.8 Å².